The predicted molar refractivity (Wildman–Crippen MR) is 94.3 cm³/mol. The van der Waals surface area contributed by atoms with Crippen LogP contribution in [0, 0.1) is 6.92 Å². The van der Waals surface area contributed by atoms with E-state index in [1.807, 2.05) is 25.1 Å². The second kappa shape index (κ2) is 8.53. The van der Waals surface area contributed by atoms with Crippen molar-refractivity contribution in [2.75, 3.05) is 18.5 Å². The lowest BCUT2D eigenvalue weighted by Gasteiger charge is -2.11. The highest BCUT2D eigenvalue weighted by Gasteiger charge is 2.12. The molecule has 24 heavy (non-hydrogen) atoms. The number of hydrogen-bond donors (Lipinski definition) is 2. The van der Waals surface area contributed by atoms with Crippen molar-refractivity contribution in [2.24, 2.45) is 0 Å². The van der Waals surface area contributed by atoms with E-state index in [0.29, 0.717) is 23.5 Å². The summed E-state index contributed by atoms with van der Waals surface area (Å²) in [5, 5.41) is 5.39. The van der Waals surface area contributed by atoms with Crippen LogP contribution in [0.5, 0.6) is 5.75 Å². The Morgan fingerprint density at radius 1 is 1.17 bits per heavy atom. The van der Waals surface area contributed by atoms with Gasteiger partial charge in [0, 0.05) is 6.54 Å². The Labute approximate surface area is 141 Å². The number of rotatable bonds is 7. The average Bonchev–Trinajstić information content (AvgIpc) is 2.58. The van der Waals surface area contributed by atoms with E-state index < -0.39 is 0 Å². The fourth-order valence-corrected chi connectivity index (χ4v) is 2.09. The maximum absolute atomic E-state index is 12.1. The van der Waals surface area contributed by atoms with Gasteiger partial charge in [-0.1, -0.05) is 30.3 Å². The molecule has 0 saturated heterocycles. The molecule has 5 heteroatoms. The summed E-state index contributed by atoms with van der Waals surface area (Å²) >= 11 is 0. The van der Waals surface area contributed by atoms with Gasteiger partial charge in [-0.2, -0.15) is 0 Å². The summed E-state index contributed by atoms with van der Waals surface area (Å²) in [5.74, 6) is 0.0213. The molecule has 0 aliphatic carbocycles. The van der Waals surface area contributed by atoms with Gasteiger partial charge in [-0.25, -0.2) is 0 Å². The summed E-state index contributed by atoms with van der Waals surface area (Å²) in [5.41, 5.74) is 1.89. The molecule has 0 heterocycles. The van der Waals surface area contributed by atoms with Gasteiger partial charge in [0.25, 0.3) is 11.8 Å². The highest BCUT2D eigenvalue weighted by atomic mass is 16.5. The minimum Gasteiger partial charge on any atom is -0.484 e. The molecular weight excluding hydrogens is 304 g/mol. The topological polar surface area (TPSA) is 67.4 Å². The molecule has 124 valence electrons. The second-order valence-electron chi connectivity index (χ2n) is 5.20. The smallest absolute Gasteiger partial charge is 0.262 e. The third-order valence-electron chi connectivity index (χ3n) is 3.21. The first kappa shape index (κ1) is 17.3. The summed E-state index contributed by atoms with van der Waals surface area (Å²) in [4.78, 5) is 24.2. The summed E-state index contributed by atoms with van der Waals surface area (Å²) in [6, 6.07) is 14.3. The zero-order chi connectivity index (χ0) is 17.4. The first-order chi connectivity index (χ1) is 11.6. The molecule has 0 atom stereocenters. The Kier molecular flexibility index (Phi) is 6.14. The summed E-state index contributed by atoms with van der Waals surface area (Å²) in [6.07, 6.45) is 1.59. The van der Waals surface area contributed by atoms with Gasteiger partial charge in [0.05, 0.1) is 11.3 Å². The van der Waals surface area contributed by atoms with Gasteiger partial charge in [-0.15, -0.1) is 6.58 Å². The van der Waals surface area contributed by atoms with Gasteiger partial charge in [0.15, 0.2) is 6.61 Å². The lowest BCUT2D eigenvalue weighted by Crippen LogP contribution is -2.26. The van der Waals surface area contributed by atoms with E-state index in [4.69, 9.17) is 4.74 Å². The molecule has 2 amide bonds. The molecule has 0 saturated carbocycles. The van der Waals surface area contributed by atoms with Crippen molar-refractivity contribution in [3.05, 3.63) is 72.3 Å². The van der Waals surface area contributed by atoms with Gasteiger partial charge in [-0.3, -0.25) is 9.59 Å². The van der Waals surface area contributed by atoms with Crippen LogP contribution in [0.25, 0.3) is 0 Å². The van der Waals surface area contributed by atoms with Crippen molar-refractivity contribution in [3.8, 4) is 5.75 Å². The van der Waals surface area contributed by atoms with Crippen LogP contribution in [-0.2, 0) is 4.79 Å². The summed E-state index contributed by atoms with van der Waals surface area (Å²) < 4.78 is 5.46. The molecular formula is C19H20N2O3. The monoisotopic (exact) mass is 324 g/mol. The average molecular weight is 324 g/mol. The quantitative estimate of drug-likeness (QED) is 0.770. The number of nitrogens with one attached hydrogen (secondary N) is 2. The van der Waals surface area contributed by atoms with Crippen molar-refractivity contribution >= 4 is 17.5 Å². The van der Waals surface area contributed by atoms with E-state index in [-0.39, 0.29) is 18.4 Å². The Morgan fingerprint density at radius 3 is 2.71 bits per heavy atom. The Balaban J connectivity index is 1.98. The summed E-state index contributed by atoms with van der Waals surface area (Å²) in [6.45, 7) is 5.73. The molecule has 2 aromatic carbocycles. The maximum Gasteiger partial charge on any atom is 0.262 e. The first-order valence-electron chi connectivity index (χ1n) is 7.57. The highest BCUT2D eigenvalue weighted by molar-refractivity contribution is 6.04. The van der Waals surface area contributed by atoms with E-state index in [1.54, 1.807) is 36.4 Å². The van der Waals surface area contributed by atoms with Crippen LogP contribution in [0.1, 0.15) is 15.9 Å². The van der Waals surface area contributed by atoms with Crippen LogP contribution in [0.2, 0.25) is 0 Å². The molecule has 5 nitrogen and oxygen atoms in total. The number of carbonyl (C=O) groups is 2. The van der Waals surface area contributed by atoms with Gasteiger partial charge in [0.2, 0.25) is 0 Å². The van der Waals surface area contributed by atoms with Crippen molar-refractivity contribution in [1.29, 1.82) is 0 Å². The number of benzene rings is 2. The fraction of sp³-hybridized carbons (Fsp3) is 0.158. The summed E-state index contributed by atoms with van der Waals surface area (Å²) in [7, 11) is 0. The minimum absolute atomic E-state index is 0.133. The molecule has 0 fully saturated rings. The van der Waals surface area contributed by atoms with Crippen LogP contribution in [0.4, 0.5) is 5.69 Å². The first-order valence-corrected chi connectivity index (χ1v) is 7.57. The molecule has 0 unspecified atom stereocenters. The van der Waals surface area contributed by atoms with Gasteiger partial charge < -0.3 is 15.4 Å². The largest absolute Gasteiger partial charge is 0.484 e. The second-order valence-corrected chi connectivity index (χ2v) is 5.20. The molecule has 2 rings (SSSR count). The minimum atomic E-state index is -0.333. The van der Waals surface area contributed by atoms with Gasteiger partial charge >= 0.3 is 0 Å². The van der Waals surface area contributed by atoms with Crippen molar-refractivity contribution < 1.29 is 14.3 Å². The van der Waals surface area contributed by atoms with E-state index in [9.17, 15) is 9.59 Å². The van der Waals surface area contributed by atoms with E-state index in [2.05, 4.69) is 17.2 Å². The standard InChI is InChI=1S/C19H20N2O3/c1-3-11-20-19(23)16-9-4-5-10-17(16)21-18(22)13-24-15-8-6-7-14(2)12-15/h3-10,12H,1,11,13H2,2H3,(H,20,23)(H,21,22). The van der Waals surface area contributed by atoms with Crippen molar-refractivity contribution in [3.63, 3.8) is 0 Å². The van der Waals surface area contributed by atoms with Crippen molar-refractivity contribution in [1.82, 2.24) is 5.32 Å². The molecule has 0 aromatic heterocycles. The van der Waals surface area contributed by atoms with Crippen LogP contribution in [-0.4, -0.2) is 25.0 Å². The van der Waals surface area contributed by atoms with Gasteiger partial charge in [0.1, 0.15) is 5.75 Å². The van der Waals surface area contributed by atoms with E-state index >= 15 is 0 Å². The third-order valence-corrected chi connectivity index (χ3v) is 3.21. The van der Waals surface area contributed by atoms with Crippen LogP contribution in [0.3, 0.4) is 0 Å². The lowest BCUT2D eigenvalue weighted by molar-refractivity contribution is -0.118. The number of hydrogen-bond acceptors (Lipinski definition) is 3. The lowest BCUT2D eigenvalue weighted by atomic mass is 10.1. The zero-order valence-corrected chi connectivity index (χ0v) is 13.5. The molecule has 0 bridgehead atoms. The Bertz CT molecular complexity index is 741. The fourth-order valence-electron chi connectivity index (χ4n) is 2.09. The Hall–Kier alpha value is -3.08. The third kappa shape index (κ3) is 4.98. The maximum atomic E-state index is 12.1. The molecule has 2 aromatic rings. The SMILES string of the molecule is C=CCNC(=O)c1ccccc1NC(=O)COc1cccc(C)c1. The van der Waals surface area contributed by atoms with E-state index in [0.717, 1.165) is 5.56 Å². The van der Waals surface area contributed by atoms with Crippen LogP contribution >= 0.6 is 0 Å². The number of carbonyl (C=O) groups excluding carboxylic acids is 2. The number of aryl methyl sites for hydroxylation is 1. The van der Waals surface area contributed by atoms with Gasteiger partial charge in [-0.05, 0) is 36.8 Å². The normalized spacial score (nSPS) is 9.88. The zero-order valence-electron chi connectivity index (χ0n) is 13.5. The Morgan fingerprint density at radius 2 is 1.96 bits per heavy atom. The molecule has 0 aliphatic rings. The number of amides is 2. The van der Waals surface area contributed by atoms with Crippen molar-refractivity contribution in [2.45, 2.75) is 6.92 Å². The molecule has 0 radical (unpaired) electrons. The van der Waals surface area contributed by atoms with Crippen LogP contribution < -0.4 is 15.4 Å². The molecule has 0 spiro atoms. The number of ether oxygens (including phenoxy) is 1. The van der Waals surface area contributed by atoms with E-state index in [1.165, 1.54) is 0 Å². The number of para-hydroxylation sites is 1. The predicted octanol–water partition coefficient (Wildman–Crippen LogP) is 2.93. The van der Waals surface area contributed by atoms with Crippen LogP contribution in [0.15, 0.2) is 61.2 Å². The molecule has 2 N–H and O–H groups in total. The number of anilines is 1. The highest BCUT2D eigenvalue weighted by Crippen LogP contribution is 2.16. The molecule has 0 aliphatic heterocycles.